The molecule has 0 aliphatic rings. The van der Waals surface area contributed by atoms with Gasteiger partial charge in [-0.3, -0.25) is 0 Å². The van der Waals surface area contributed by atoms with Gasteiger partial charge < -0.3 is 9.15 Å². The third-order valence-electron chi connectivity index (χ3n) is 6.46. The molecule has 7 nitrogen and oxygen atoms in total. The van der Waals surface area contributed by atoms with Crippen LogP contribution in [0.1, 0.15) is 48.4 Å². The Kier molecular flexibility index (Phi) is 8.44. The van der Waals surface area contributed by atoms with Crippen molar-refractivity contribution in [2.75, 3.05) is 0 Å². The molecule has 1 unspecified atom stereocenters. The highest BCUT2D eigenvalue weighted by atomic mass is 32.2. The molecular formula is C30H31NO6S. The van der Waals surface area contributed by atoms with E-state index in [1.165, 1.54) is 18.2 Å². The molecule has 4 aromatic rings. The van der Waals surface area contributed by atoms with Crippen LogP contribution in [0, 0.1) is 13.8 Å². The number of hydrogen-bond donors (Lipinski definition) is 1. The summed E-state index contributed by atoms with van der Waals surface area (Å²) < 4.78 is 39.5. The first kappa shape index (κ1) is 27.3. The van der Waals surface area contributed by atoms with E-state index in [-0.39, 0.29) is 17.1 Å². The molecule has 0 aliphatic heterocycles. The molecule has 1 heterocycles. The lowest BCUT2D eigenvalue weighted by atomic mass is 10.00. The van der Waals surface area contributed by atoms with Crippen LogP contribution in [0.3, 0.4) is 0 Å². The molecule has 0 fully saturated rings. The summed E-state index contributed by atoms with van der Waals surface area (Å²) in [6, 6.07) is 19.8. The van der Waals surface area contributed by atoms with E-state index >= 15 is 0 Å². The van der Waals surface area contributed by atoms with Crippen molar-refractivity contribution in [3.05, 3.63) is 105 Å². The molecule has 1 atom stereocenters. The maximum absolute atomic E-state index is 13.1. The van der Waals surface area contributed by atoms with Gasteiger partial charge in [-0.25, -0.2) is 18.0 Å². The summed E-state index contributed by atoms with van der Waals surface area (Å²) in [6.45, 7) is 5.68. The highest BCUT2D eigenvalue weighted by Gasteiger charge is 2.27. The Hall–Kier alpha value is -3.75. The summed E-state index contributed by atoms with van der Waals surface area (Å²) in [6.07, 6.45) is 2.14. The number of esters is 1. The summed E-state index contributed by atoms with van der Waals surface area (Å²) in [4.78, 5) is 25.9. The smallest absolute Gasteiger partial charge is 0.340 e. The molecule has 1 aromatic heterocycles. The predicted molar refractivity (Wildman–Crippen MR) is 147 cm³/mol. The Labute approximate surface area is 222 Å². The number of sulfonamides is 1. The molecule has 0 bridgehead atoms. The topological polar surface area (TPSA) is 103 Å². The number of nitrogens with one attached hydrogen (secondary N) is 1. The maximum Gasteiger partial charge on any atom is 0.340 e. The van der Waals surface area contributed by atoms with Gasteiger partial charge in [0, 0.05) is 23.4 Å². The number of carbonyl (C=O) groups is 1. The molecule has 4 rings (SSSR count). The molecule has 0 radical (unpaired) electrons. The van der Waals surface area contributed by atoms with Gasteiger partial charge in [-0.15, -0.1) is 0 Å². The van der Waals surface area contributed by atoms with Crippen LogP contribution in [0.2, 0.25) is 0 Å². The summed E-state index contributed by atoms with van der Waals surface area (Å²) in [5.74, 6) is -0.565. The third-order valence-corrected chi connectivity index (χ3v) is 7.95. The van der Waals surface area contributed by atoms with Crippen molar-refractivity contribution >= 4 is 27.0 Å². The van der Waals surface area contributed by atoms with Crippen molar-refractivity contribution in [3.63, 3.8) is 0 Å². The van der Waals surface area contributed by atoms with Crippen LogP contribution in [0.4, 0.5) is 0 Å². The fraction of sp³-hybridized carbons (Fsp3) is 0.267. The summed E-state index contributed by atoms with van der Waals surface area (Å²) in [5.41, 5.74) is 3.13. The average molecular weight is 534 g/mol. The zero-order valence-electron chi connectivity index (χ0n) is 21.7. The van der Waals surface area contributed by atoms with Gasteiger partial charge in [-0.1, -0.05) is 67.8 Å². The first-order valence-corrected chi connectivity index (χ1v) is 14.1. The number of carbonyl (C=O) groups excluding carboxylic acids is 1. The largest absolute Gasteiger partial charge is 0.425 e. The quantitative estimate of drug-likeness (QED) is 0.165. The van der Waals surface area contributed by atoms with E-state index < -0.39 is 27.7 Å². The van der Waals surface area contributed by atoms with E-state index in [0.29, 0.717) is 24.0 Å². The van der Waals surface area contributed by atoms with Crippen LogP contribution >= 0.6 is 0 Å². The minimum atomic E-state index is -3.93. The van der Waals surface area contributed by atoms with Crippen LogP contribution < -0.4 is 15.1 Å². The number of unbranched alkanes of at least 4 members (excludes halogenated alkanes) is 1. The zero-order chi connectivity index (χ0) is 27.3. The number of ether oxygens (including phenoxy) is 1. The van der Waals surface area contributed by atoms with Gasteiger partial charge in [0.25, 0.3) is 0 Å². The molecular weight excluding hydrogens is 502 g/mol. The first-order valence-electron chi connectivity index (χ1n) is 12.6. The molecule has 38 heavy (non-hydrogen) atoms. The molecule has 0 saturated heterocycles. The summed E-state index contributed by atoms with van der Waals surface area (Å²) in [7, 11) is -3.93. The van der Waals surface area contributed by atoms with Gasteiger partial charge in [-0.2, -0.15) is 4.72 Å². The fourth-order valence-electron chi connectivity index (χ4n) is 4.24. The van der Waals surface area contributed by atoms with Crippen molar-refractivity contribution in [1.82, 2.24) is 4.72 Å². The first-order chi connectivity index (χ1) is 18.2. The predicted octanol–water partition coefficient (Wildman–Crippen LogP) is 5.44. The molecule has 0 aliphatic carbocycles. The molecule has 0 amide bonds. The molecule has 8 heteroatoms. The van der Waals surface area contributed by atoms with Crippen molar-refractivity contribution in [2.45, 2.75) is 57.4 Å². The monoisotopic (exact) mass is 533 g/mol. The van der Waals surface area contributed by atoms with E-state index in [1.54, 1.807) is 24.3 Å². The third kappa shape index (κ3) is 6.38. The second kappa shape index (κ2) is 11.8. The number of fused-ring (bicyclic) bond motifs is 1. The lowest BCUT2D eigenvalue weighted by Crippen LogP contribution is -2.42. The highest BCUT2D eigenvalue weighted by molar-refractivity contribution is 7.89. The second-order valence-electron chi connectivity index (χ2n) is 9.36. The van der Waals surface area contributed by atoms with Crippen LogP contribution in [0.5, 0.6) is 5.75 Å². The number of rotatable bonds is 10. The highest BCUT2D eigenvalue weighted by Crippen LogP contribution is 2.26. The Balaban J connectivity index is 1.56. The number of benzene rings is 3. The van der Waals surface area contributed by atoms with Gasteiger partial charge in [0.2, 0.25) is 10.0 Å². The van der Waals surface area contributed by atoms with Gasteiger partial charge in [0.05, 0.1) is 4.90 Å². The lowest BCUT2D eigenvalue weighted by molar-refractivity contribution is -0.136. The maximum atomic E-state index is 13.1. The Morgan fingerprint density at radius 1 is 1.00 bits per heavy atom. The standard InChI is InChI=1S/C30H31NO6S/c1-4-5-11-27(31-38(34,35)24-15-12-20(2)13-16-24)30(33)36-23-14-17-25-21(3)26(29(32)37-28(25)19-23)18-22-9-7-6-8-10-22/h6-10,12-17,19,27,31H,4-5,11,18H2,1-3H3. The van der Waals surface area contributed by atoms with Crippen LogP contribution in [0.25, 0.3) is 11.0 Å². The SMILES string of the molecule is CCCCC(NS(=O)(=O)c1ccc(C)cc1)C(=O)Oc1ccc2c(C)c(Cc3ccccc3)c(=O)oc2c1. The molecule has 0 saturated carbocycles. The van der Waals surface area contributed by atoms with Crippen LogP contribution in [0.15, 0.2) is 86.9 Å². The Bertz CT molecular complexity index is 1590. The minimum Gasteiger partial charge on any atom is -0.425 e. The van der Waals surface area contributed by atoms with E-state index in [2.05, 4.69) is 4.72 Å². The zero-order valence-corrected chi connectivity index (χ0v) is 22.5. The van der Waals surface area contributed by atoms with E-state index in [0.717, 1.165) is 28.5 Å². The van der Waals surface area contributed by atoms with Crippen LogP contribution in [-0.4, -0.2) is 20.4 Å². The number of hydrogen-bond acceptors (Lipinski definition) is 6. The van der Waals surface area contributed by atoms with Gasteiger partial charge in [-0.05, 0) is 55.7 Å². The fourth-order valence-corrected chi connectivity index (χ4v) is 5.45. The molecule has 0 spiro atoms. The minimum absolute atomic E-state index is 0.0756. The second-order valence-corrected chi connectivity index (χ2v) is 11.1. The van der Waals surface area contributed by atoms with Crippen molar-refractivity contribution in [2.24, 2.45) is 0 Å². The van der Waals surface area contributed by atoms with Crippen LogP contribution in [-0.2, 0) is 21.2 Å². The average Bonchev–Trinajstić information content (AvgIpc) is 2.89. The van der Waals surface area contributed by atoms with Crippen molar-refractivity contribution in [1.29, 1.82) is 0 Å². The summed E-state index contributed by atoms with van der Waals surface area (Å²) >= 11 is 0. The number of aryl methyl sites for hydroxylation is 2. The van der Waals surface area contributed by atoms with Crippen molar-refractivity contribution < 1.29 is 22.4 Å². The van der Waals surface area contributed by atoms with E-state index in [4.69, 9.17) is 9.15 Å². The summed E-state index contributed by atoms with van der Waals surface area (Å²) in [5, 5.41) is 0.734. The van der Waals surface area contributed by atoms with E-state index in [1.807, 2.05) is 51.1 Å². The Morgan fingerprint density at radius 3 is 2.39 bits per heavy atom. The Morgan fingerprint density at radius 2 is 1.71 bits per heavy atom. The molecule has 198 valence electrons. The normalized spacial score (nSPS) is 12.4. The molecule has 3 aromatic carbocycles. The molecule has 1 N–H and O–H groups in total. The van der Waals surface area contributed by atoms with Gasteiger partial charge in [0.1, 0.15) is 17.4 Å². The van der Waals surface area contributed by atoms with E-state index in [9.17, 15) is 18.0 Å². The lowest BCUT2D eigenvalue weighted by Gasteiger charge is -2.18. The van der Waals surface area contributed by atoms with Gasteiger partial charge >= 0.3 is 11.6 Å². The van der Waals surface area contributed by atoms with Crippen molar-refractivity contribution in [3.8, 4) is 5.75 Å². The van der Waals surface area contributed by atoms with Gasteiger partial charge in [0.15, 0.2) is 0 Å².